The van der Waals surface area contributed by atoms with Crippen LogP contribution in [0, 0.1) is 0 Å². The Kier molecular flexibility index (Phi) is 9.84. The van der Waals surface area contributed by atoms with Crippen LogP contribution in [0.2, 0.25) is 0 Å². The minimum absolute atomic E-state index is 0.205. The number of rotatable bonds is 9. The highest BCUT2D eigenvalue weighted by Crippen LogP contribution is 2.09. The lowest BCUT2D eigenvalue weighted by atomic mass is 10.1. The molecule has 0 aliphatic carbocycles. The highest BCUT2D eigenvalue weighted by Gasteiger charge is 2.24. The zero-order valence-corrected chi connectivity index (χ0v) is 16.9. The van der Waals surface area contributed by atoms with Crippen LogP contribution in [0.5, 0.6) is 0 Å². The number of alkyl carbamates (subject to hydrolysis) is 2. The molecule has 28 heavy (non-hydrogen) atoms. The van der Waals surface area contributed by atoms with Gasteiger partial charge in [-0.3, -0.25) is 0 Å². The first kappa shape index (κ1) is 23.3. The first-order valence-electron chi connectivity index (χ1n) is 9.23. The van der Waals surface area contributed by atoms with Gasteiger partial charge in [-0.05, 0) is 45.6 Å². The maximum Gasteiger partial charge on any atom is 0.408 e. The molecule has 8 heteroatoms. The molecular formula is C20H30N2O6. The zero-order chi connectivity index (χ0) is 21.0. The van der Waals surface area contributed by atoms with E-state index in [0.717, 1.165) is 5.56 Å². The Morgan fingerprint density at radius 1 is 1.04 bits per heavy atom. The second kappa shape index (κ2) is 11.8. The van der Waals surface area contributed by atoms with Gasteiger partial charge in [-0.25, -0.2) is 14.4 Å². The van der Waals surface area contributed by atoms with Gasteiger partial charge in [0.05, 0.1) is 7.11 Å². The van der Waals surface area contributed by atoms with Crippen molar-refractivity contribution in [2.45, 2.75) is 58.3 Å². The van der Waals surface area contributed by atoms with Crippen molar-refractivity contribution < 1.29 is 28.6 Å². The normalized spacial score (nSPS) is 11.9. The van der Waals surface area contributed by atoms with Crippen molar-refractivity contribution in [3.63, 3.8) is 0 Å². The molecular weight excluding hydrogens is 364 g/mol. The Balaban J connectivity index is 2.27. The van der Waals surface area contributed by atoms with Gasteiger partial charge in [0, 0.05) is 6.54 Å². The smallest absolute Gasteiger partial charge is 0.408 e. The summed E-state index contributed by atoms with van der Waals surface area (Å²) in [5.74, 6) is -0.541. The molecule has 156 valence electrons. The average molecular weight is 394 g/mol. The quantitative estimate of drug-likeness (QED) is 0.379. The maximum atomic E-state index is 11.8. The second-order valence-electron chi connectivity index (χ2n) is 7.21. The van der Waals surface area contributed by atoms with Gasteiger partial charge in [0.2, 0.25) is 0 Å². The molecule has 8 nitrogen and oxygen atoms in total. The first-order chi connectivity index (χ1) is 13.2. The van der Waals surface area contributed by atoms with E-state index >= 15 is 0 Å². The lowest BCUT2D eigenvalue weighted by molar-refractivity contribution is -0.143. The molecule has 0 aliphatic heterocycles. The third kappa shape index (κ3) is 10.4. The van der Waals surface area contributed by atoms with E-state index in [1.165, 1.54) is 7.11 Å². The lowest BCUT2D eigenvalue weighted by Gasteiger charge is -2.22. The minimum atomic E-state index is -0.801. The van der Waals surface area contributed by atoms with Crippen LogP contribution < -0.4 is 10.6 Å². The Morgan fingerprint density at radius 2 is 1.71 bits per heavy atom. The molecule has 0 aliphatic rings. The summed E-state index contributed by atoms with van der Waals surface area (Å²) in [5.41, 5.74) is 0.251. The van der Waals surface area contributed by atoms with Gasteiger partial charge in [-0.1, -0.05) is 30.3 Å². The third-order valence-electron chi connectivity index (χ3n) is 3.58. The van der Waals surface area contributed by atoms with E-state index in [1.54, 1.807) is 20.8 Å². The summed E-state index contributed by atoms with van der Waals surface area (Å²) in [6, 6.07) is 8.59. The molecule has 0 saturated carbocycles. The topological polar surface area (TPSA) is 103 Å². The van der Waals surface area contributed by atoms with Gasteiger partial charge < -0.3 is 24.8 Å². The third-order valence-corrected chi connectivity index (χ3v) is 3.58. The molecule has 0 radical (unpaired) electrons. The molecule has 1 aromatic rings. The van der Waals surface area contributed by atoms with Gasteiger partial charge in [-0.15, -0.1) is 0 Å². The summed E-state index contributed by atoms with van der Waals surface area (Å²) in [6.45, 7) is 5.82. The van der Waals surface area contributed by atoms with E-state index in [4.69, 9.17) is 14.2 Å². The molecule has 0 bridgehead atoms. The van der Waals surface area contributed by atoms with E-state index < -0.39 is 29.8 Å². The van der Waals surface area contributed by atoms with Crippen LogP contribution in [0.15, 0.2) is 30.3 Å². The van der Waals surface area contributed by atoms with Crippen LogP contribution in [-0.2, 0) is 25.6 Å². The predicted molar refractivity (Wildman–Crippen MR) is 104 cm³/mol. The Morgan fingerprint density at radius 3 is 2.32 bits per heavy atom. The number of hydrogen-bond donors (Lipinski definition) is 2. The predicted octanol–water partition coefficient (Wildman–Crippen LogP) is 3.15. The molecule has 0 saturated heterocycles. The van der Waals surface area contributed by atoms with Crippen LogP contribution in [0.25, 0.3) is 0 Å². The number of unbranched alkanes of at least 4 members (excludes halogenated alkanes) is 1. The summed E-state index contributed by atoms with van der Waals surface area (Å²) in [4.78, 5) is 35.3. The van der Waals surface area contributed by atoms with Crippen molar-refractivity contribution in [3.05, 3.63) is 35.9 Å². The minimum Gasteiger partial charge on any atom is -0.467 e. The summed E-state index contributed by atoms with van der Waals surface area (Å²) in [5, 5.41) is 5.17. The number of amides is 2. The van der Waals surface area contributed by atoms with Crippen molar-refractivity contribution in [1.82, 2.24) is 10.6 Å². The monoisotopic (exact) mass is 394 g/mol. The largest absolute Gasteiger partial charge is 0.467 e. The Labute approximate surface area is 165 Å². The number of esters is 1. The molecule has 1 atom stereocenters. The van der Waals surface area contributed by atoms with Crippen LogP contribution in [0.1, 0.15) is 45.6 Å². The van der Waals surface area contributed by atoms with Gasteiger partial charge in [0.1, 0.15) is 18.2 Å². The summed E-state index contributed by atoms with van der Waals surface area (Å²) in [6.07, 6.45) is 0.399. The SMILES string of the molecule is COC(=O)C(CCCCNC(=O)OCc1ccccc1)NC(=O)OC(C)(C)C. The second-order valence-corrected chi connectivity index (χ2v) is 7.21. The van der Waals surface area contributed by atoms with Crippen LogP contribution >= 0.6 is 0 Å². The van der Waals surface area contributed by atoms with Crippen molar-refractivity contribution in [2.24, 2.45) is 0 Å². The Hall–Kier alpha value is -2.77. The molecule has 2 N–H and O–H groups in total. The first-order valence-corrected chi connectivity index (χ1v) is 9.23. The molecule has 0 fully saturated rings. The number of hydrogen-bond acceptors (Lipinski definition) is 6. The van der Waals surface area contributed by atoms with Crippen LogP contribution in [0.4, 0.5) is 9.59 Å². The number of carbonyl (C=O) groups excluding carboxylic acids is 3. The van der Waals surface area contributed by atoms with E-state index in [0.29, 0.717) is 25.8 Å². The molecule has 1 rings (SSSR count). The van der Waals surface area contributed by atoms with Crippen LogP contribution in [0.3, 0.4) is 0 Å². The Bertz CT molecular complexity index is 627. The van der Waals surface area contributed by atoms with E-state index in [-0.39, 0.29) is 6.61 Å². The lowest BCUT2D eigenvalue weighted by Crippen LogP contribution is -2.44. The number of methoxy groups -OCH3 is 1. The standard InChI is InChI=1S/C20H30N2O6/c1-20(2,3)28-19(25)22-16(17(23)26-4)12-8-9-13-21-18(24)27-14-15-10-6-5-7-11-15/h5-7,10-11,16H,8-9,12-14H2,1-4H3,(H,21,24)(H,22,25). The highest BCUT2D eigenvalue weighted by molar-refractivity contribution is 5.81. The van der Waals surface area contributed by atoms with E-state index in [2.05, 4.69) is 10.6 Å². The molecule has 1 aromatic carbocycles. The molecule has 0 aromatic heterocycles. The van der Waals surface area contributed by atoms with E-state index in [1.807, 2.05) is 30.3 Å². The molecule has 0 heterocycles. The van der Waals surface area contributed by atoms with Crippen molar-refractivity contribution in [3.8, 4) is 0 Å². The summed E-state index contributed by atoms with van der Waals surface area (Å²) >= 11 is 0. The number of nitrogens with one attached hydrogen (secondary N) is 2. The number of carbonyl (C=O) groups is 3. The number of benzene rings is 1. The molecule has 0 spiro atoms. The van der Waals surface area contributed by atoms with Gasteiger partial charge >= 0.3 is 18.2 Å². The van der Waals surface area contributed by atoms with Crippen molar-refractivity contribution >= 4 is 18.2 Å². The molecule has 1 unspecified atom stereocenters. The molecule has 2 amide bonds. The average Bonchev–Trinajstić information content (AvgIpc) is 2.63. The highest BCUT2D eigenvalue weighted by atomic mass is 16.6. The fourth-order valence-corrected chi connectivity index (χ4v) is 2.28. The summed E-state index contributed by atoms with van der Waals surface area (Å²) in [7, 11) is 1.26. The van der Waals surface area contributed by atoms with Gasteiger partial charge in [0.15, 0.2) is 0 Å². The van der Waals surface area contributed by atoms with Gasteiger partial charge in [-0.2, -0.15) is 0 Å². The zero-order valence-electron chi connectivity index (χ0n) is 16.9. The van der Waals surface area contributed by atoms with Crippen molar-refractivity contribution in [1.29, 1.82) is 0 Å². The van der Waals surface area contributed by atoms with Crippen molar-refractivity contribution in [2.75, 3.05) is 13.7 Å². The van der Waals surface area contributed by atoms with E-state index in [9.17, 15) is 14.4 Å². The maximum absolute atomic E-state index is 11.8. The van der Waals surface area contributed by atoms with Crippen LogP contribution in [-0.4, -0.2) is 43.5 Å². The van der Waals surface area contributed by atoms with Gasteiger partial charge in [0.25, 0.3) is 0 Å². The fourth-order valence-electron chi connectivity index (χ4n) is 2.28. The fraction of sp³-hybridized carbons (Fsp3) is 0.550. The number of ether oxygens (including phenoxy) is 3. The summed E-state index contributed by atoms with van der Waals surface area (Å²) < 4.78 is 15.0.